The molecular formula is C24H34F3N5O3S. The van der Waals surface area contributed by atoms with Crippen molar-refractivity contribution in [3.05, 3.63) is 41.2 Å². The molecule has 0 unspecified atom stereocenters. The Balaban J connectivity index is 1.82. The van der Waals surface area contributed by atoms with Gasteiger partial charge < -0.3 is 15.7 Å². The van der Waals surface area contributed by atoms with Crippen molar-refractivity contribution >= 4 is 21.7 Å². The van der Waals surface area contributed by atoms with E-state index < -0.39 is 33.8 Å². The number of rotatable bonds is 11. The first kappa shape index (κ1) is 28.3. The predicted octanol–water partition coefficient (Wildman–Crippen LogP) is 4.23. The zero-order valence-corrected chi connectivity index (χ0v) is 21.7. The van der Waals surface area contributed by atoms with Crippen LogP contribution in [0.3, 0.4) is 0 Å². The van der Waals surface area contributed by atoms with Crippen LogP contribution in [0.1, 0.15) is 68.7 Å². The highest BCUT2D eigenvalue weighted by Crippen LogP contribution is 2.37. The summed E-state index contributed by atoms with van der Waals surface area (Å²) in [7, 11) is -1.86. The molecule has 1 aromatic carbocycles. The smallest absolute Gasteiger partial charge is 0.393 e. The monoisotopic (exact) mass is 529 g/mol. The van der Waals surface area contributed by atoms with Gasteiger partial charge in [0.2, 0.25) is 16.0 Å². The van der Waals surface area contributed by atoms with Gasteiger partial charge in [-0.05, 0) is 76.8 Å². The van der Waals surface area contributed by atoms with Crippen LogP contribution in [0.5, 0.6) is 0 Å². The molecule has 0 bridgehead atoms. The number of aliphatic hydroxyl groups is 1. The van der Waals surface area contributed by atoms with E-state index in [0.717, 1.165) is 19.0 Å². The number of sulfonamides is 1. The fraction of sp³-hybridized carbons (Fsp3) is 0.583. The van der Waals surface area contributed by atoms with Crippen LogP contribution in [0, 0.1) is 6.92 Å². The second kappa shape index (κ2) is 11.4. The number of nitrogens with zero attached hydrogens (tertiary/aromatic N) is 2. The Kier molecular flexibility index (Phi) is 8.97. The van der Waals surface area contributed by atoms with Gasteiger partial charge in [-0.1, -0.05) is 6.92 Å². The van der Waals surface area contributed by atoms with Gasteiger partial charge in [-0.2, -0.15) is 13.2 Å². The molecule has 0 spiro atoms. The van der Waals surface area contributed by atoms with E-state index in [1.807, 2.05) is 7.05 Å². The van der Waals surface area contributed by atoms with E-state index in [-0.39, 0.29) is 22.6 Å². The van der Waals surface area contributed by atoms with E-state index in [0.29, 0.717) is 36.6 Å². The fourth-order valence-electron chi connectivity index (χ4n) is 4.26. The van der Waals surface area contributed by atoms with E-state index >= 15 is 0 Å². The normalized spacial score (nSPS) is 20.0. The third-order valence-electron chi connectivity index (χ3n) is 6.56. The van der Waals surface area contributed by atoms with Gasteiger partial charge >= 0.3 is 6.18 Å². The van der Waals surface area contributed by atoms with Crippen LogP contribution in [0.4, 0.5) is 24.8 Å². The highest BCUT2D eigenvalue weighted by Gasteiger charge is 2.37. The van der Waals surface area contributed by atoms with Crippen LogP contribution in [0.15, 0.2) is 29.3 Å². The summed E-state index contributed by atoms with van der Waals surface area (Å²) in [4.78, 5) is 8.19. The minimum atomic E-state index is -4.61. The molecule has 1 fully saturated rings. The zero-order chi connectivity index (χ0) is 26.7. The van der Waals surface area contributed by atoms with E-state index in [2.05, 4.69) is 25.3 Å². The molecule has 1 aliphatic rings. The summed E-state index contributed by atoms with van der Waals surface area (Å²) in [6.45, 7) is 5.07. The fourth-order valence-corrected chi connectivity index (χ4v) is 5.61. The van der Waals surface area contributed by atoms with Crippen LogP contribution >= 0.6 is 0 Å². The summed E-state index contributed by atoms with van der Waals surface area (Å²) < 4.78 is 69.2. The first-order chi connectivity index (χ1) is 16.8. The molecule has 0 radical (unpaired) electrons. The Morgan fingerprint density at radius 1 is 1.19 bits per heavy atom. The summed E-state index contributed by atoms with van der Waals surface area (Å²) >= 11 is 0. The number of aliphatic hydroxyl groups excluding tert-OH is 1. The number of alkyl halides is 3. The molecule has 1 saturated carbocycles. The van der Waals surface area contributed by atoms with Gasteiger partial charge in [0.05, 0.1) is 22.3 Å². The number of aromatic nitrogens is 2. The van der Waals surface area contributed by atoms with Gasteiger partial charge in [0, 0.05) is 29.9 Å². The molecule has 12 heteroatoms. The molecule has 0 amide bonds. The molecule has 4 N–H and O–H groups in total. The number of anilines is 2. The Hall–Kier alpha value is -2.28. The Bertz CT molecular complexity index is 1150. The van der Waals surface area contributed by atoms with Crippen LogP contribution in [-0.4, -0.2) is 48.7 Å². The zero-order valence-electron chi connectivity index (χ0n) is 20.9. The van der Waals surface area contributed by atoms with Crippen molar-refractivity contribution in [2.75, 3.05) is 12.4 Å². The maximum atomic E-state index is 13.7. The van der Waals surface area contributed by atoms with Gasteiger partial charge in [0.25, 0.3) is 0 Å². The standard InChI is InChI=1S/C24H34F3N5O3S/c1-5-16(7-6-15(3)33)22-20(24(25,26)27)13-29-23(31-22)30-21-9-8-19(10-14(21)2)36(34,35)32-18-11-17(12-18)28-4/h8-10,13,15-18,28,32-33H,5-7,11-12H2,1-4H3,(H,29,30,31)/t15-,16-,17?,18?/m1/s1. The van der Waals surface area contributed by atoms with Gasteiger partial charge in [0.1, 0.15) is 0 Å². The van der Waals surface area contributed by atoms with Gasteiger partial charge in [-0.25, -0.2) is 23.1 Å². The molecule has 2 atom stereocenters. The van der Waals surface area contributed by atoms with Crippen molar-refractivity contribution in [1.29, 1.82) is 0 Å². The largest absolute Gasteiger partial charge is 0.419 e. The quantitative estimate of drug-likeness (QED) is 0.344. The second-order valence-electron chi connectivity index (χ2n) is 9.40. The Morgan fingerprint density at radius 2 is 1.89 bits per heavy atom. The lowest BCUT2D eigenvalue weighted by Crippen LogP contribution is -2.51. The maximum Gasteiger partial charge on any atom is 0.419 e. The number of benzene rings is 1. The molecule has 36 heavy (non-hydrogen) atoms. The third-order valence-corrected chi connectivity index (χ3v) is 8.08. The third kappa shape index (κ3) is 6.93. The van der Waals surface area contributed by atoms with Gasteiger partial charge in [-0.3, -0.25) is 0 Å². The summed E-state index contributed by atoms with van der Waals surface area (Å²) in [6, 6.07) is 4.67. The summed E-state index contributed by atoms with van der Waals surface area (Å²) in [6.07, 6.45) is -1.92. The van der Waals surface area contributed by atoms with Crippen LogP contribution in [0.2, 0.25) is 0 Å². The molecular weight excluding hydrogens is 495 g/mol. The average Bonchev–Trinajstić information content (AvgIpc) is 2.77. The Labute approximate surface area is 210 Å². The molecule has 8 nitrogen and oxygen atoms in total. The number of aryl methyl sites for hydroxylation is 1. The lowest BCUT2D eigenvalue weighted by Gasteiger charge is -2.35. The number of halogens is 3. The first-order valence-corrected chi connectivity index (χ1v) is 13.5. The van der Waals surface area contributed by atoms with Gasteiger partial charge in [-0.15, -0.1) is 0 Å². The second-order valence-corrected chi connectivity index (χ2v) is 11.1. The molecule has 200 valence electrons. The topological polar surface area (TPSA) is 116 Å². The van der Waals surface area contributed by atoms with Crippen LogP contribution in [-0.2, 0) is 16.2 Å². The van der Waals surface area contributed by atoms with Crippen molar-refractivity contribution in [3.8, 4) is 0 Å². The van der Waals surface area contributed by atoms with Crippen molar-refractivity contribution in [2.24, 2.45) is 0 Å². The molecule has 0 aliphatic heterocycles. The summed E-state index contributed by atoms with van der Waals surface area (Å²) in [5.74, 6) is -0.522. The molecule has 3 rings (SSSR count). The molecule has 1 aromatic heterocycles. The Morgan fingerprint density at radius 3 is 2.44 bits per heavy atom. The lowest BCUT2D eigenvalue weighted by atomic mass is 9.88. The van der Waals surface area contributed by atoms with E-state index in [9.17, 15) is 26.7 Å². The summed E-state index contributed by atoms with van der Waals surface area (Å²) in [5, 5.41) is 15.6. The minimum absolute atomic E-state index is 0.0158. The van der Waals surface area contributed by atoms with Crippen LogP contribution < -0.4 is 15.4 Å². The van der Waals surface area contributed by atoms with Crippen molar-refractivity contribution in [2.45, 2.75) is 88.1 Å². The maximum absolute atomic E-state index is 13.7. The molecule has 0 saturated heterocycles. The summed E-state index contributed by atoms with van der Waals surface area (Å²) in [5.41, 5.74) is 0.0390. The van der Waals surface area contributed by atoms with Crippen molar-refractivity contribution < 1.29 is 26.7 Å². The van der Waals surface area contributed by atoms with Crippen molar-refractivity contribution in [3.63, 3.8) is 0 Å². The highest BCUT2D eigenvalue weighted by atomic mass is 32.2. The minimum Gasteiger partial charge on any atom is -0.393 e. The van der Waals surface area contributed by atoms with Gasteiger partial charge in [0.15, 0.2) is 0 Å². The van der Waals surface area contributed by atoms with Crippen molar-refractivity contribution in [1.82, 2.24) is 20.0 Å². The molecule has 1 heterocycles. The number of hydrogen-bond acceptors (Lipinski definition) is 7. The average molecular weight is 530 g/mol. The molecule has 2 aromatic rings. The highest BCUT2D eigenvalue weighted by molar-refractivity contribution is 7.89. The van der Waals surface area contributed by atoms with E-state index in [1.165, 1.54) is 12.1 Å². The predicted molar refractivity (Wildman–Crippen MR) is 132 cm³/mol. The first-order valence-electron chi connectivity index (χ1n) is 12.0. The van der Waals surface area contributed by atoms with E-state index in [1.54, 1.807) is 26.8 Å². The number of nitrogens with one attached hydrogen (secondary N) is 3. The van der Waals surface area contributed by atoms with Crippen LogP contribution in [0.25, 0.3) is 0 Å². The molecule has 1 aliphatic carbocycles. The number of hydrogen-bond donors (Lipinski definition) is 4. The van der Waals surface area contributed by atoms with E-state index in [4.69, 9.17) is 0 Å². The lowest BCUT2D eigenvalue weighted by molar-refractivity contribution is -0.139. The SMILES string of the molecule is CC[C@H](CC[C@@H](C)O)c1nc(Nc2ccc(S(=O)(=O)NC3CC(NC)C3)cc2C)ncc1C(F)(F)F.